The number of rotatable bonds is 4. The highest BCUT2D eigenvalue weighted by Gasteiger charge is 2.66. The molecule has 2 aliphatic carbocycles. The summed E-state index contributed by atoms with van der Waals surface area (Å²) in [6.07, 6.45) is 2.98. The van der Waals surface area contributed by atoms with Crippen LogP contribution in [0.15, 0.2) is 48.8 Å². The first-order chi connectivity index (χ1) is 18.3. The normalized spacial score (nSPS) is 23.2. The molecule has 2 amide bonds. The fraction of sp³-hybridized carbons (Fsp3) is 0.370. The van der Waals surface area contributed by atoms with Crippen molar-refractivity contribution in [3.05, 3.63) is 65.9 Å². The Morgan fingerprint density at radius 1 is 1.11 bits per heavy atom. The molecule has 3 aromatic heterocycles. The van der Waals surface area contributed by atoms with Crippen molar-refractivity contribution < 1.29 is 18.4 Å². The summed E-state index contributed by atoms with van der Waals surface area (Å²) in [5.41, 5.74) is 3.38. The number of pyridine rings is 1. The van der Waals surface area contributed by atoms with Gasteiger partial charge in [0, 0.05) is 42.8 Å². The molecule has 0 spiro atoms. The molecule has 2 saturated carbocycles. The summed E-state index contributed by atoms with van der Waals surface area (Å²) in [5, 5.41) is 7.61. The van der Waals surface area contributed by atoms with E-state index in [0.29, 0.717) is 48.3 Å². The average Bonchev–Trinajstić information content (AvgIpc) is 3.28. The largest absolute Gasteiger partial charge is 0.333 e. The molecule has 7 rings (SSSR count). The molecule has 4 aromatic rings. The third-order valence-electron chi connectivity index (χ3n) is 8.05. The number of nitrogens with zero attached hydrogens (tertiary/aromatic N) is 6. The van der Waals surface area contributed by atoms with Crippen LogP contribution in [0.1, 0.15) is 34.7 Å². The van der Waals surface area contributed by atoms with Gasteiger partial charge in [0.15, 0.2) is 5.82 Å². The molecule has 0 bridgehead atoms. The second-order valence-corrected chi connectivity index (χ2v) is 10.5. The lowest BCUT2D eigenvalue weighted by molar-refractivity contribution is -0.135. The predicted molar refractivity (Wildman–Crippen MR) is 133 cm³/mol. The lowest BCUT2D eigenvalue weighted by Gasteiger charge is -2.27. The maximum absolute atomic E-state index is 13.5. The van der Waals surface area contributed by atoms with Crippen LogP contribution in [0.3, 0.4) is 0 Å². The first kappa shape index (κ1) is 23.0. The van der Waals surface area contributed by atoms with E-state index in [1.54, 1.807) is 26.4 Å². The van der Waals surface area contributed by atoms with Gasteiger partial charge < -0.3 is 10.2 Å². The van der Waals surface area contributed by atoms with Gasteiger partial charge in [-0.1, -0.05) is 18.2 Å². The number of benzene rings is 1. The zero-order chi connectivity index (χ0) is 26.2. The van der Waals surface area contributed by atoms with E-state index in [9.17, 15) is 18.4 Å². The predicted octanol–water partition coefficient (Wildman–Crippen LogP) is 3.79. The third kappa shape index (κ3) is 3.75. The summed E-state index contributed by atoms with van der Waals surface area (Å²) < 4.78 is 30.6. The van der Waals surface area contributed by atoms with Gasteiger partial charge in [-0.3, -0.25) is 14.0 Å². The number of carbonyl (C=O) groups is 2. The Labute approximate surface area is 216 Å². The zero-order valence-electron chi connectivity index (χ0n) is 20.6. The van der Waals surface area contributed by atoms with Gasteiger partial charge in [0.1, 0.15) is 17.2 Å². The molecule has 38 heavy (non-hydrogen) atoms. The fourth-order valence-corrected chi connectivity index (χ4v) is 5.98. The minimum Gasteiger partial charge on any atom is -0.333 e. The molecule has 3 atom stereocenters. The number of fused-ring (bicyclic) bond motifs is 3. The lowest BCUT2D eigenvalue weighted by Crippen LogP contribution is -2.40. The summed E-state index contributed by atoms with van der Waals surface area (Å²) in [7, 11) is 0. The molecule has 9 nitrogen and oxygen atoms in total. The molecule has 2 fully saturated rings. The number of nitrogens with one attached hydrogen (secondary N) is 1. The molecule has 11 heteroatoms. The molecule has 1 unspecified atom stereocenters. The van der Waals surface area contributed by atoms with Crippen LogP contribution in [-0.2, 0) is 17.9 Å². The SMILES string of the molecule is Cc1ccc(-c2nc3n(n2)CCN(C(=O)C2[C@H]4CC(F)(F)C[C@@H]24)C3)cc1NC(=O)c1cnc2ccccn12. The van der Waals surface area contributed by atoms with E-state index >= 15 is 0 Å². The van der Waals surface area contributed by atoms with E-state index in [1.165, 1.54) is 0 Å². The van der Waals surface area contributed by atoms with Crippen molar-refractivity contribution in [3.8, 4) is 11.4 Å². The Morgan fingerprint density at radius 2 is 1.92 bits per heavy atom. The van der Waals surface area contributed by atoms with Crippen molar-refractivity contribution in [2.24, 2.45) is 17.8 Å². The van der Waals surface area contributed by atoms with Gasteiger partial charge in [0.25, 0.3) is 5.91 Å². The highest BCUT2D eigenvalue weighted by Crippen LogP contribution is 2.63. The van der Waals surface area contributed by atoms with Crippen LogP contribution in [-0.4, -0.2) is 53.3 Å². The number of hydrogen-bond acceptors (Lipinski definition) is 5. The van der Waals surface area contributed by atoms with Crippen molar-refractivity contribution >= 4 is 23.1 Å². The Bertz CT molecular complexity index is 1600. The number of hydrogen-bond donors (Lipinski definition) is 1. The van der Waals surface area contributed by atoms with E-state index in [2.05, 4.69) is 20.4 Å². The number of aromatic nitrogens is 5. The second kappa shape index (κ2) is 8.17. The number of anilines is 1. The first-order valence-electron chi connectivity index (χ1n) is 12.7. The summed E-state index contributed by atoms with van der Waals surface area (Å²) in [5.74, 6) is -2.43. The molecule has 0 radical (unpaired) electrons. The molecular formula is C27H25F2N7O2. The maximum atomic E-state index is 13.5. The van der Waals surface area contributed by atoms with E-state index in [0.717, 1.165) is 11.1 Å². The Kier molecular flexibility index (Phi) is 4.95. The van der Waals surface area contributed by atoms with Crippen molar-refractivity contribution in [1.82, 2.24) is 29.0 Å². The summed E-state index contributed by atoms with van der Waals surface area (Å²) >= 11 is 0. The molecular weight excluding hydrogens is 492 g/mol. The third-order valence-corrected chi connectivity index (χ3v) is 8.05. The van der Waals surface area contributed by atoms with Gasteiger partial charge in [0.05, 0.1) is 19.3 Å². The summed E-state index contributed by atoms with van der Waals surface area (Å²) in [4.78, 5) is 36.7. The van der Waals surface area contributed by atoms with Crippen LogP contribution in [0.2, 0.25) is 0 Å². The molecule has 4 heterocycles. The van der Waals surface area contributed by atoms with E-state index in [4.69, 9.17) is 0 Å². The molecule has 194 valence electrons. The summed E-state index contributed by atoms with van der Waals surface area (Å²) in [6, 6.07) is 11.2. The highest BCUT2D eigenvalue weighted by atomic mass is 19.3. The summed E-state index contributed by atoms with van der Waals surface area (Å²) in [6.45, 7) is 3.19. The van der Waals surface area contributed by atoms with Crippen LogP contribution in [0.25, 0.3) is 17.0 Å². The maximum Gasteiger partial charge on any atom is 0.274 e. The highest BCUT2D eigenvalue weighted by molar-refractivity contribution is 6.04. The van der Waals surface area contributed by atoms with Crippen molar-refractivity contribution in [2.45, 2.75) is 38.8 Å². The van der Waals surface area contributed by atoms with Gasteiger partial charge in [-0.2, -0.15) is 5.10 Å². The number of imidazole rings is 1. The van der Waals surface area contributed by atoms with Crippen LogP contribution < -0.4 is 5.32 Å². The minimum atomic E-state index is -2.62. The van der Waals surface area contributed by atoms with Gasteiger partial charge in [0.2, 0.25) is 11.8 Å². The van der Waals surface area contributed by atoms with E-state index in [1.807, 2.05) is 43.3 Å². The second-order valence-electron chi connectivity index (χ2n) is 10.5. The number of aryl methyl sites for hydroxylation is 1. The van der Waals surface area contributed by atoms with E-state index < -0.39 is 5.92 Å². The van der Waals surface area contributed by atoms with Crippen molar-refractivity contribution in [1.29, 1.82) is 0 Å². The van der Waals surface area contributed by atoms with Crippen LogP contribution in [0, 0.1) is 24.7 Å². The zero-order valence-corrected chi connectivity index (χ0v) is 20.6. The van der Waals surface area contributed by atoms with Crippen LogP contribution in [0.4, 0.5) is 14.5 Å². The molecule has 0 saturated heterocycles. The molecule has 1 aliphatic heterocycles. The molecule has 3 aliphatic rings. The monoisotopic (exact) mass is 517 g/mol. The van der Waals surface area contributed by atoms with Gasteiger partial charge in [-0.15, -0.1) is 0 Å². The van der Waals surface area contributed by atoms with Gasteiger partial charge in [-0.05, 0) is 42.5 Å². The number of halogens is 2. The molecule has 1 aromatic carbocycles. The Hall–Kier alpha value is -4.15. The average molecular weight is 518 g/mol. The number of carbonyl (C=O) groups excluding carboxylic acids is 2. The molecule has 1 N–H and O–H groups in total. The van der Waals surface area contributed by atoms with E-state index in [-0.39, 0.29) is 42.4 Å². The number of alkyl halides is 2. The van der Waals surface area contributed by atoms with Crippen molar-refractivity contribution in [2.75, 3.05) is 11.9 Å². The van der Waals surface area contributed by atoms with Gasteiger partial charge >= 0.3 is 0 Å². The Morgan fingerprint density at radius 3 is 2.74 bits per heavy atom. The standard InChI is InChI=1S/C27H25F2N7O2/c1-15-5-6-16(10-19(15)31-25(37)20-13-30-21-4-2-3-7-35(20)21)24-32-22-14-34(8-9-36(22)33-24)26(38)23-17-11-27(28,29)12-18(17)23/h2-7,10,13,17-18,23H,8-9,11-12,14H2,1H3,(H,31,37)/t17-,18+,23?. The van der Waals surface area contributed by atoms with Gasteiger partial charge in [-0.25, -0.2) is 23.4 Å². The quantitative estimate of drug-likeness (QED) is 0.444. The van der Waals surface area contributed by atoms with Crippen LogP contribution >= 0.6 is 0 Å². The van der Waals surface area contributed by atoms with Crippen molar-refractivity contribution in [3.63, 3.8) is 0 Å². The number of amides is 2. The fourth-order valence-electron chi connectivity index (χ4n) is 5.98. The smallest absolute Gasteiger partial charge is 0.274 e. The Balaban J connectivity index is 1.08. The topological polar surface area (TPSA) is 97.4 Å². The lowest BCUT2D eigenvalue weighted by atomic mass is 10.1. The van der Waals surface area contributed by atoms with Crippen LogP contribution in [0.5, 0.6) is 0 Å². The minimum absolute atomic E-state index is 0.0426. The first-order valence-corrected chi connectivity index (χ1v) is 12.7.